The Kier molecular flexibility index (Phi) is 5.82. The second-order valence-electron chi connectivity index (χ2n) is 8.92. The van der Waals surface area contributed by atoms with Crippen molar-refractivity contribution in [2.75, 3.05) is 32.8 Å². The summed E-state index contributed by atoms with van der Waals surface area (Å²) in [6.45, 7) is 5.65. The summed E-state index contributed by atoms with van der Waals surface area (Å²) in [5, 5.41) is 3.78. The maximum Gasteiger partial charge on any atom is 0.248 e. The van der Waals surface area contributed by atoms with Gasteiger partial charge < -0.3 is 18.9 Å². The zero-order valence-corrected chi connectivity index (χ0v) is 19.8. The van der Waals surface area contributed by atoms with Gasteiger partial charge in [0, 0.05) is 25.6 Å². The highest BCUT2D eigenvalue weighted by atomic mass is 32.2. The van der Waals surface area contributed by atoms with Crippen LogP contribution in [0.15, 0.2) is 27.6 Å². The maximum atomic E-state index is 13.4. The maximum absolute atomic E-state index is 13.4. The van der Waals surface area contributed by atoms with Crippen molar-refractivity contribution < 1.29 is 27.2 Å². The predicted octanol–water partition coefficient (Wildman–Crippen LogP) is 2.83. The first-order chi connectivity index (χ1) is 15.9. The molecule has 178 valence electrons. The Bertz CT molecular complexity index is 1130. The number of amides is 1. The Morgan fingerprint density at radius 3 is 2.45 bits per heavy atom. The average molecular weight is 476 g/mol. The number of hydrogen-bond donors (Lipinski definition) is 0. The van der Waals surface area contributed by atoms with Gasteiger partial charge in [-0.25, -0.2) is 8.42 Å². The van der Waals surface area contributed by atoms with Crippen LogP contribution in [0.25, 0.3) is 0 Å². The van der Waals surface area contributed by atoms with E-state index in [9.17, 15) is 13.2 Å². The Labute approximate surface area is 193 Å². The zero-order chi connectivity index (χ0) is 23.2. The fraction of sp³-hybridized carbons (Fsp3) is 0.565. The molecule has 0 N–H and O–H groups in total. The van der Waals surface area contributed by atoms with Crippen LogP contribution >= 0.6 is 0 Å². The SMILES string of the molecule is Cc1noc(C)c1S(=O)(=O)N1CCC(C(=O)N2CCC[C@H]2c2ccc3c(c2)OCCO3)CC1. The van der Waals surface area contributed by atoms with Gasteiger partial charge in [-0.3, -0.25) is 4.79 Å². The lowest BCUT2D eigenvalue weighted by Crippen LogP contribution is -2.44. The van der Waals surface area contributed by atoms with Crippen molar-refractivity contribution in [2.45, 2.75) is 50.5 Å². The van der Waals surface area contributed by atoms with Gasteiger partial charge in [0.1, 0.15) is 23.8 Å². The smallest absolute Gasteiger partial charge is 0.248 e. The zero-order valence-electron chi connectivity index (χ0n) is 19.0. The number of likely N-dealkylation sites (tertiary alicyclic amines) is 1. The highest BCUT2D eigenvalue weighted by Gasteiger charge is 2.39. The molecule has 1 aromatic heterocycles. The fourth-order valence-corrected chi connectivity index (χ4v) is 6.95. The van der Waals surface area contributed by atoms with E-state index in [0.717, 1.165) is 36.4 Å². The third kappa shape index (κ3) is 3.99. The van der Waals surface area contributed by atoms with E-state index in [0.29, 0.717) is 50.6 Å². The summed E-state index contributed by atoms with van der Waals surface area (Å²) in [5.41, 5.74) is 1.42. The lowest BCUT2D eigenvalue weighted by molar-refractivity contribution is -0.137. The van der Waals surface area contributed by atoms with E-state index in [1.807, 2.05) is 23.1 Å². The van der Waals surface area contributed by atoms with Crippen LogP contribution in [0.2, 0.25) is 0 Å². The molecule has 5 rings (SSSR count). The molecule has 3 aliphatic heterocycles. The number of sulfonamides is 1. The van der Waals surface area contributed by atoms with Crippen molar-refractivity contribution in [2.24, 2.45) is 5.92 Å². The van der Waals surface area contributed by atoms with Crippen molar-refractivity contribution in [3.8, 4) is 11.5 Å². The third-order valence-electron chi connectivity index (χ3n) is 6.86. The molecule has 1 amide bonds. The molecule has 9 nitrogen and oxygen atoms in total. The van der Waals surface area contributed by atoms with Crippen LogP contribution in [0.5, 0.6) is 11.5 Å². The summed E-state index contributed by atoms with van der Waals surface area (Å²) in [5.74, 6) is 1.70. The number of hydrogen-bond acceptors (Lipinski definition) is 7. The van der Waals surface area contributed by atoms with Crippen LogP contribution in [-0.2, 0) is 14.8 Å². The molecule has 0 bridgehead atoms. The predicted molar refractivity (Wildman–Crippen MR) is 119 cm³/mol. The van der Waals surface area contributed by atoms with Crippen molar-refractivity contribution in [3.05, 3.63) is 35.2 Å². The number of benzene rings is 1. The largest absolute Gasteiger partial charge is 0.486 e. The van der Waals surface area contributed by atoms with Crippen LogP contribution in [0.1, 0.15) is 48.7 Å². The summed E-state index contributed by atoms with van der Waals surface area (Å²) in [4.78, 5) is 15.6. The molecule has 2 saturated heterocycles. The van der Waals surface area contributed by atoms with Crippen LogP contribution in [0.4, 0.5) is 0 Å². The van der Waals surface area contributed by atoms with Crippen molar-refractivity contribution in [1.82, 2.24) is 14.4 Å². The molecule has 0 radical (unpaired) electrons. The van der Waals surface area contributed by atoms with E-state index >= 15 is 0 Å². The number of aromatic nitrogens is 1. The van der Waals surface area contributed by atoms with Crippen molar-refractivity contribution >= 4 is 15.9 Å². The molecular formula is C23H29N3O6S. The van der Waals surface area contributed by atoms with E-state index in [-0.39, 0.29) is 22.8 Å². The van der Waals surface area contributed by atoms with Gasteiger partial charge in [-0.15, -0.1) is 0 Å². The molecule has 10 heteroatoms. The normalized spacial score (nSPS) is 22.0. The second-order valence-corrected chi connectivity index (χ2v) is 10.8. The summed E-state index contributed by atoms with van der Waals surface area (Å²) in [6, 6.07) is 5.94. The topological polar surface area (TPSA) is 102 Å². The lowest BCUT2D eigenvalue weighted by atomic mass is 9.95. The minimum absolute atomic E-state index is 0.0115. The Hall–Kier alpha value is -2.59. The molecule has 1 atom stereocenters. The minimum Gasteiger partial charge on any atom is -0.486 e. The molecule has 0 spiro atoms. The summed E-state index contributed by atoms with van der Waals surface area (Å²) in [6.07, 6.45) is 2.87. The first-order valence-electron chi connectivity index (χ1n) is 11.5. The van der Waals surface area contributed by atoms with E-state index in [1.165, 1.54) is 4.31 Å². The number of aryl methyl sites for hydroxylation is 2. The van der Waals surface area contributed by atoms with Crippen LogP contribution < -0.4 is 9.47 Å². The van der Waals surface area contributed by atoms with Gasteiger partial charge >= 0.3 is 0 Å². The molecule has 1 aromatic carbocycles. The molecule has 2 aromatic rings. The quantitative estimate of drug-likeness (QED) is 0.670. The van der Waals surface area contributed by atoms with Gasteiger partial charge in [-0.05, 0) is 57.2 Å². The number of carbonyl (C=O) groups excluding carboxylic acids is 1. The fourth-order valence-electron chi connectivity index (χ4n) is 5.19. The number of rotatable bonds is 4. The highest BCUT2D eigenvalue weighted by molar-refractivity contribution is 7.89. The first kappa shape index (κ1) is 22.2. The van der Waals surface area contributed by atoms with Crippen LogP contribution in [-0.4, -0.2) is 61.5 Å². The molecular weight excluding hydrogens is 446 g/mol. The molecule has 0 saturated carbocycles. The van der Waals surface area contributed by atoms with Gasteiger partial charge in [0.25, 0.3) is 0 Å². The van der Waals surface area contributed by atoms with Crippen molar-refractivity contribution in [1.29, 1.82) is 0 Å². The number of carbonyl (C=O) groups is 1. The van der Waals surface area contributed by atoms with E-state index in [1.54, 1.807) is 13.8 Å². The van der Waals surface area contributed by atoms with Gasteiger partial charge in [0.15, 0.2) is 17.3 Å². The third-order valence-corrected chi connectivity index (χ3v) is 9.00. The second kappa shape index (κ2) is 8.64. The van der Waals surface area contributed by atoms with Crippen LogP contribution in [0, 0.1) is 19.8 Å². The van der Waals surface area contributed by atoms with E-state index in [4.69, 9.17) is 14.0 Å². The molecule has 0 unspecified atom stereocenters. The van der Waals surface area contributed by atoms with Gasteiger partial charge in [-0.2, -0.15) is 4.31 Å². The molecule has 0 aliphatic carbocycles. The van der Waals surface area contributed by atoms with Gasteiger partial charge in [0.2, 0.25) is 15.9 Å². The highest BCUT2D eigenvalue weighted by Crippen LogP contribution is 2.39. The summed E-state index contributed by atoms with van der Waals surface area (Å²) in [7, 11) is -3.68. The standard InChI is InChI=1S/C23H29N3O6S/c1-15-22(16(2)32-24-15)33(28,29)25-10-7-17(8-11-25)23(27)26-9-3-4-19(26)18-5-6-20-21(14-18)31-13-12-30-20/h5-6,14,17,19H,3-4,7-13H2,1-2H3/t19-/m0/s1. The number of piperidine rings is 1. The summed E-state index contributed by atoms with van der Waals surface area (Å²) >= 11 is 0. The minimum atomic E-state index is -3.68. The average Bonchev–Trinajstić information content (AvgIpc) is 3.45. The molecule has 33 heavy (non-hydrogen) atoms. The number of ether oxygens (including phenoxy) is 2. The van der Waals surface area contributed by atoms with Gasteiger partial charge in [0.05, 0.1) is 6.04 Å². The lowest BCUT2D eigenvalue weighted by Gasteiger charge is -2.34. The first-order valence-corrected chi connectivity index (χ1v) is 12.9. The van der Waals surface area contributed by atoms with Crippen molar-refractivity contribution in [3.63, 3.8) is 0 Å². The van der Waals surface area contributed by atoms with E-state index < -0.39 is 10.0 Å². The number of fused-ring (bicyclic) bond motifs is 1. The summed E-state index contributed by atoms with van der Waals surface area (Å²) < 4.78 is 44.0. The monoisotopic (exact) mass is 475 g/mol. The Morgan fingerprint density at radius 1 is 1.03 bits per heavy atom. The Morgan fingerprint density at radius 2 is 1.76 bits per heavy atom. The Balaban J connectivity index is 1.27. The molecule has 3 aliphatic rings. The van der Waals surface area contributed by atoms with Gasteiger partial charge in [-0.1, -0.05) is 11.2 Å². The molecule has 2 fully saturated rings. The number of nitrogens with zero attached hydrogens (tertiary/aromatic N) is 3. The van der Waals surface area contributed by atoms with Crippen LogP contribution in [0.3, 0.4) is 0 Å². The van der Waals surface area contributed by atoms with E-state index in [2.05, 4.69) is 5.16 Å². The molecule has 4 heterocycles.